The molecular weight excluding hydrogens is 399 g/mol. The van der Waals surface area contributed by atoms with Crippen molar-refractivity contribution in [3.63, 3.8) is 0 Å². The summed E-state index contributed by atoms with van der Waals surface area (Å²) in [5.41, 5.74) is 7.09. The van der Waals surface area contributed by atoms with Gasteiger partial charge in [0.2, 0.25) is 0 Å². The Morgan fingerprint density at radius 3 is 2.48 bits per heavy atom. The van der Waals surface area contributed by atoms with Crippen molar-refractivity contribution in [2.45, 2.75) is 49.9 Å². The van der Waals surface area contributed by atoms with Crippen molar-refractivity contribution < 1.29 is 4.39 Å². The first-order valence-electron chi connectivity index (χ1n) is 7.56. The van der Waals surface area contributed by atoms with Gasteiger partial charge in [-0.15, -0.1) is 0 Å². The lowest BCUT2D eigenvalue weighted by molar-refractivity contribution is 0.0479. The van der Waals surface area contributed by atoms with Crippen molar-refractivity contribution in [2.75, 3.05) is 5.73 Å². The Hall–Kier alpha value is -0.130. The third-order valence-corrected chi connectivity index (χ3v) is 6.83. The van der Waals surface area contributed by atoms with Gasteiger partial charge in [-0.25, -0.2) is 4.39 Å². The number of hydrogen-bond donors (Lipinski definition) is 2. The fourth-order valence-corrected chi connectivity index (χ4v) is 6.40. The molecule has 5 heteroatoms. The van der Waals surface area contributed by atoms with Crippen molar-refractivity contribution >= 4 is 37.5 Å². The van der Waals surface area contributed by atoms with Crippen LogP contribution < -0.4 is 11.1 Å². The van der Waals surface area contributed by atoms with E-state index in [1.54, 1.807) is 0 Å². The smallest absolute Gasteiger partial charge is 0.113 e. The molecule has 2 atom stereocenters. The van der Waals surface area contributed by atoms with E-state index in [1.807, 2.05) is 12.1 Å². The Kier molecular flexibility index (Phi) is 3.22. The van der Waals surface area contributed by atoms with Crippen molar-refractivity contribution in [1.29, 1.82) is 0 Å². The van der Waals surface area contributed by atoms with Crippen LogP contribution in [0.1, 0.15) is 37.7 Å². The van der Waals surface area contributed by atoms with Crippen molar-refractivity contribution in [1.82, 2.24) is 5.32 Å². The molecule has 4 saturated carbocycles. The van der Waals surface area contributed by atoms with E-state index >= 15 is 0 Å². The average molecular weight is 418 g/mol. The van der Waals surface area contributed by atoms with Gasteiger partial charge in [0.1, 0.15) is 5.67 Å². The Bertz CT molecular complexity index is 590. The second-order valence-corrected chi connectivity index (χ2v) is 9.03. The first-order chi connectivity index (χ1) is 9.88. The lowest BCUT2D eigenvalue weighted by Gasteiger charge is -2.42. The highest BCUT2D eigenvalue weighted by Crippen LogP contribution is 2.63. The van der Waals surface area contributed by atoms with Gasteiger partial charge < -0.3 is 11.1 Å². The molecule has 114 valence electrons. The van der Waals surface area contributed by atoms with Crippen molar-refractivity contribution in [2.24, 2.45) is 11.8 Å². The van der Waals surface area contributed by atoms with Crippen LogP contribution in [0.4, 0.5) is 10.1 Å². The standard InChI is InChI=1S/C16H19Br2FN2/c17-12-1-9(14(20)13(18)2-12)7-21-16-5-10-3-15(19,8-16)4-11(10)6-16/h1-2,10-11,21H,3-8,20H2. The Morgan fingerprint density at radius 2 is 1.86 bits per heavy atom. The number of hydrogen-bond acceptors (Lipinski definition) is 2. The largest absolute Gasteiger partial charge is 0.398 e. The molecule has 4 fully saturated rings. The maximum absolute atomic E-state index is 14.7. The van der Waals surface area contributed by atoms with Gasteiger partial charge in [-0.2, -0.15) is 0 Å². The van der Waals surface area contributed by atoms with Gasteiger partial charge in [-0.3, -0.25) is 0 Å². The first kappa shape index (κ1) is 14.5. The summed E-state index contributed by atoms with van der Waals surface area (Å²) in [6.45, 7) is 0.708. The minimum atomic E-state index is -0.901. The lowest BCUT2D eigenvalue weighted by atomic mass is 9.74. The summed E-state index contributed by atoms with van der Waals surface area (Å²) in [4.78, 5) is 0. The van der Waals surface area contributed by atoms with Crippen LogP contribution in [0.2, 0.25) is 0 Å². The highest BCUT2D eigenvalue weighted by Gasteiger charge is 2.62. The zero-order chi connectivity index (χ0) is 14.8. The Morgan fingerprint density at radius 1 is 1.19 bits per heavy atom. The number of anilines is 1. The van der Waals surface area contributed by atoms with Crippen LogP contribution in [-0.4, -0.2) is 11.2 Å². The molecule has 0 aromatic heterocycles. The van der Waals surface area contributed by atoms with Crippen LogP contribution >= 0.6 is 31.9 Å². The molecule has 0 aliphatic heterocycles. The van der Waals surface area contributed by atoms with Crippen molar-refractivity contribution in [3.8, 4) is 0 Å². The molecule has 0 amide bonds. The molecule has 21 heavy (non-hydrogen) atoms. The molecule has 1 aromatic carbocycles. The second kappa shape index (κ2) is 4.68. The normalized spacial score (nSPS) is 40.1. The number of benzene rings is 1. The van der Waals surface area contributed by atoms with Gasteiger partial charge in [0.15, 0.2) is 0 Å². The van der Waals surface area contributed by atoms with Crippen LogP contribution in [-0.2, 0) is 6.54 Å². The van der Waals surface area contributed by atoms with Crippen LogP contribution in [0.3, 0.4) is 0 Å². The highest BCUT2D eigenvalue weighted by molar-refractivity contribution is 9.11. The molecule has 2 unspecified atom stereocenters. The molecule has 0 spiro atoms. The van der Waals surface area contributed by atoms with Gasteiger partial charge in [0.25, 0.3) is 0 Å². The summed E-state index contributed by atoms with van der Waals surface area (Å²) in [5.74, 6) is 1.20. The van der Waals surface area contributed by atoms with E-state index in [1.165, 1.54) is 0 Å². The number of rotatable bonds is 3. The van der Waals surface area contributed by atoms with E-state index in [9.17, 15) is 4.39 Å². The van der Waals surface area contributed by atoms with E-state index in [4.69, 9.17) is 5.73 Å². The summed E-state index contributed by atoms with van der Waals surface area (Å²) in [5, 5.41) is 3.66. The molecule has 4 aliphatic rings. The lowest BCUT2D eigenvalue weighted by Crippen LogP contribution is -2.51. The van der Waals surface area contributed by atoms with E-state index in [0.29, 0.717) is 24.8 Å². The van der Waals surface area contributed by atoms with Gasteiger partial charge in [-0.1, -0.05) is 15.9 Å². The Labute approximate surface area is 141 Å². The fraction of sp³-hybridized carbons (Fsp3) is 0.625. The topological polar surface area (TPSA) is 38.0 Å². The minimum Gasteiger partial charge on any atom is -0.398 e. The number of alkyl halides is 1. The highest BCUT2D eigenvalue weighted by atomic mass is 79.9. The number of nitrogen functional groups attached to an aromatic ring is 1. The molecule has 5 rings (SSSR count). The number of nitrogens with one attached hydrogen (secondary N) is 1. The molecule has 4 bridgehead atoms. The maximum Gasteiger partial charge on any atom is 0.113 e. The van der Waals surface area contributed by atoms with Gasteiger partial charge >= 0.3 is 0 Å². The molecule has 1 aromatic rings. The van der Waals surface area contributed by atoms with Crippen LogP contribution in [0.25, 0.3) is 0 Å². The molecule has 4 aliphatic carbocycles. The summed E-state index contributed by atoms with van der Waals surface area (Å²) < 4.78 is 16.6. The zero-order valence-corrected chi connectivity index (χ0v) is 14.9. The molecule has 2 nitrogen and oxygen atoms in total. The quantitative estimate of drug-likeness (QED) is 0.707. The SMILES string of the molecule is Nc1c(Br)cc(Br)cc1CNC12CC3CC(F)(CC3C1)C2. The summed E-state index contributed by atoms with van der Waals surface area (Å²) in [6.07, 6.45) is 4.55. The summed E-state index contributed by atoms with van der Waals surface area (Å²) >= 11 is 6.99. The maximum atomic E-state index is 14.7. The fourth-order valence-electron chi connectivity index (χ4n) is 5.09. The molecular formula is C16H19Br2FN2. The predicted molar refractivity (Wildman–Crippen MR) is 89.7 cm³/mol. The molecule has 0 saturated heterocycles. The molecule has 3 N–H and O–H groups in total. The summed E-state index contributed by atoms with van der Waals surface area (Å²) in [6, 6.07) is 4.00. The molecule has 0 heterocycles. The third kappa shape index (κ3) is 2.36. The van der Waals surface area contributed by atoms with Crippen LogP contribution in [0, 0.1) is 11.8 Å². The van der Waals surface area contributed by atoms with Crippen LogP contribution in [0.15, 0.2) is 21.1 Å². The zero-order valence-electron chi connectivity index (χ0n) is 11.8. The van der Waals surface area contributed by atoms with Gasteiger partial charge in [0.05, 0.1) is 5.69 Å². The Balaban J connectivity index is 1.53. The van der Waals surface area contributed by atoms with E-state index in [0.717, 1.165) is 45.9 Å². The van der Waals surface area contributed by atoms with E-state index in [2.05, 4.69) is 37.2 Å². The first-order valence-corrected chi connectivity index (χ1v) is 9.14. The number of halogens is 3. The van der Waals surface area contributed by atoms with Crippen LogP contribution in [0.5, 0.6) is 0 Å². The minimum absolute atomic E-state index is 0.00180. The predicted octanol–water partition coefficient (Wildman–Crippen LogP) is 4.55. The third-order valence-electron chi connectivity index (χ3n) is 5.72. The number of nitrogens with two attached hydrogens (primary N) is 1. The second-order valence-electron chi connectivity index (χ2n) is 7.26. The van der Waals surface area contributed by atoms with Gasteiger partial charge in [0, 0.05) is 21.0 Å². The summed E-state index contributed by atoms with van der Waals surface area (Å²) in [7, 11) is 0. The average Bonchev–Trinajstić information content (AvgIpc) is 2.76. The van der Waals surface area contributed by atoms with Gasteiger partial charge in [-0.05, 0) is 77.6 Å². The molecule has 0 radical (unpaired) electrons. The van der Waals surface area contributed by atoms with E-state index in [-0.39, 0.29) is 5.54 Å². The van der Waals surface area contributed by atoms with Crippen molar-refractivity contribution in [3.05, 3.63) is 26.6 Å². The van der Waals surface area contributed by atoms with E-state index < -0.39 is 5.67 Å². The monoisotopic (exact) mass is 416 g/mol.